The lowest BCUT2D eigenvalue weighted by Gasteiger charge is -1.89. The minimum absolute atomic E-state index is 0.345. The number of ether oxygens (including phenoxy) is 1. The summed E-state index contributed by atoms with van der Waals surface area (Å²) in [6, 6.07) is 9.86. The van der Waals surface area contributed by atoms with Crippen molar-refractivity contribution in [1.29, 1.82) is 0 Å². The average Bonchev–Trinajstić information content (AvgIpc) is 2.25. The van der Waals surface area contributed by atoms with Crippen molar-refractivity contribution in [3.8, 4) is 0 Å². The first-order valence-corrected chi connectivity index (χ1v) is 4.30. The second-order valence-electron chi connectivity index (χ2n) is 2.65. The van der Waals surface area contributed by atoms with Gasteiger partial charge in [0.05, 0.1) is 7.11 Å². The van der Waals surface area contributed by atoms with E-state index < -0.39 is 0 Å². The molecule has 0 aliphatic carbocycles. The maximum absolute atomic E-state index is 10.7. The van der Waals surface area contributed by atoms with Crippen LogP contribution in [-0.2, 0) is 9.53 Å². The predicted octanol–water partition coefficient (Wildman–Crippen LogP) is 2.43. The topological polar surface area (TPSA) is 26.3 Å². The van der Waals surface area contributed by atoms with Crippen LogP contribution in [0.4, 0.5) is 0 Å². The van der Waals surface area contributed by atoms with Crippen LogP contribution in [0.15, 0.2) is 48.6 Å². The van der Waals surface area contributed by atoms with E-state index in [0.29, 0.717) is 0 Å². The molecule has 0 saturated heterocycles. The highest BCUT2D eigenvalue weighted by molar-refractivity contribution is 5.82. The summed E-state index contributed by atoms with van der Waals surface area (Å²) in [5.41, 5.74) is 1.10. The number of carbonyl (C=O) groups is 1. The van der Waals surface area contributed by atoms with E-state index in [9.17, 15) is 4.79 Å². The van der Waals surface area contributed by atoms with Crippen molar-refractivity contribution in [2.45, 2.75) is 0 Å². The lowest BCUT2D eigenvalue weighted by Crippen LogP contribution is -1.92. The van der Waals surface area contributed by atoms with Crippen LogP contribution in [0.2, 0.25) is 0 Å². The van der Waals surface area contributed by atoms with Gasteiger partial charge >= 0.3 is 5.97 Å². The monoisotopic (exact) mass is 188 g/mol. The number of hydrogen-bond donors (Lipinski definition) is 0. The first kappa shape index (κ1) is 10.3. The van der Waals surface area contributed by atoms with E-state index in [4.69, 9.17) is 0 Å². The van der Waals surface area contributed by atoms with E-state index in [0.717, 1.165) is 5.56 Å². The molecule has 0 radical (unpaired) electrons. The quantitative estimate of drug-likeness (QED) is 0.413. The molecule has 14 heavy (non-hydrogen) atoms. The van der Waals surface area contributed by atoms with Crippen LogP contribution in [0.25, 0.3) is 6.08 Å². The third kappa shape index (κ3) is 3.72. The van der Waals surface area contributed by atoms with Crippen molar-refractivity contribution in [3.63, 3.8) is 0 Å². The van der Waals surface area contributed by atoms with Crippen molar-refractivity contribution in [1.82, 2.24) is 0 Å². The fourth-order valence-electron chi connectivity index (χ4n) is 0.933. The molecular weight excluding hydrogens is 176 g/mol. The van der Waals surface area contributed by atoms with Crippen LogP contribution in [0.1, 0.15) is 5.56 Å². The SMILES string of the molecule is COC(=O)/C=C/C=C/c1ccccc1. The minimum Gasteiger partial charge on any atom is -0.466 e. The van der Waals surface area contributed by atoms with Crippen molar-refractivity contribution >= 4 is 12.0 Å². The molecule has 2 nitrogen and oxygen atoms in total. The second kappa shape index (κ2) is 5.75. The van der Waals surface area contributed by atoms with Gasteiger partial charge < -0.3 is 4.74 Å². The van der Waals surface area contributed by atoms with Crippen LogP contribution in [0, 0.1) is 0 Å². The molecule has 0 heterocycles. The zero-order valence-electron chi connectivity index (χ0n) is 8.01. The van der Waals surface area contributed by atoms with Gasteiger partial charge in [-0.15, -0.1) is 0 Å². The number of carbonyl (C=O) groups excluding carboxylic acids is 1. The van der Waals surface area contributed by atoms with Crippen molar-refractivity contribution in [2.24, 2.45) is 0 Å². The lowest BCUT2D eigenvalue weighted by molar-refractivity contribution is -0.134. The Morgan fingerprint density at radius 3 is 2.57 bits per heavy atom. The average molecular weight is 188 g/mol. The van der Waals surface area contributed by atoms with Gasteiger partial charge in [0.25, 0.3) is 0 Å². The van der Waals surface area contributed by atoms with Gasteiger partial charge in [-0.2, -0.15) is 0 Å². The highest BCUT2D eigenvalue weighted by Crippen LogP contribution is 2.00. The van der Waals surface area contributed by atoms with E-state index >= 15 is 0 Å². The summed E-state index contributed by atoms with van der Waals surface area (Å²) in [5.74, 6) is -0.345. The first-order chi connectivity index (χ1) is 6.83. The number of allylic oxidation sites excluding steroid dienone is 2. The summed E-state index contributed by atoms with van der Waals surface area (Å²) >= 11 is 0. The van der Waals surface area contributed by atoms with Gasteiger partial charge in [0.2, 0.25) is 0 Å². The molecule has 0 N–H and O–H groups in total. The molecule has 0 aromatic heterocycles. The number of esters is 1. The molecule has 0 amide bonds. The largest absolute Gasteiger partial charge is 0.466 e. The molecule has 1 aromatic rings. The van der Waals surface area contributed by atoms with Crippen molar-refractivity contribution < 1.29 is 9.53 Å². The number of benzene rings is 1. The maximum Gasteiger partial charge on any atom is 0.330 e. The Balaban J connectivity index is 2.50. The smallest absolute Gasteiger partial charge is 0.330 e. The van der Waals surface area contributed by atoms with Gasteiger partial charge in [-0.1, -0.05) is 48.6 Å². The molecule has 0 spiro atoms. The van der Waals surface area contributed by atoms with Crippen LogP contribution < -0.4 is 0 Å². The van der Waals surface area contributed by atoms with E-state index in [1.54, 1.807) is 12.2 Å². The summed E-state index contributed by atoms with van der Waals surface area (Å²) in [6.07, 6.45) is 6.74. The van der Waals surface area contributed by atoms with E-state index in [1.165, 1.54) is 13.2 Å². The van der Waals surface area contributed by atoms with Gasteiger partial charge in [-0.25, -0.2) is 4.79 Å². The molecule has 0 unspecified atom stereocenters. The number of rotatable bonds is 3. The van der Waals surface area contributed by atoms with Gasteiger partial charge in [-0.3, -0.25) is 0 Å². The van der Waals surface area contributed by atoms with Crippen molar-refractivity contribution in [3.05, 3.63) is 54.1 Å². The predicted molar refractivity (Wildman–Crippen MR) is 56.6 cm³/mol. The minimum atomic E-state index is -0.345. The molecule has 1 rings (SSSR count). The molecule has 0 fully saturated rings. The molecule has 0 saturated carbocycles. The summed E-state index contributed by atoms with van der Waals surface area (Å²) in [5, 5.41) is 0. The van der Waals surface area contributed by atoms with Crippen molar-refractivity contribution in [2.75, 3.05) is 7.11 Å². The Kier molecular flexibility index (Phi) is 4.21. The standard InChI is InChI=1S/C12H12O2/c1-14-12(13)10-6-5-9-11-7-3-2-4-8-11/h2-10H,1H3/b9-5+,10-6+. The molecule has 0 atom stereocenters. The lowest BCUT2D eigenvalue weighted by atomic mass is 10.2. The van der Waals surface area contributed by atoms with Crippen LogP contribution in [-0.4, -0.2) is 13.1 Å². The molecule has 72 valence electrons. The Morgan fingerprint density at radius 1 is 1.21 bits per heavy atom. The highest BCUT2D eigenvalue weighted by Gasteiger charge is 1.86. The highest BCUT2D eigenvalue weighted by atomic mass is 16.5. The van der Waals surface area contributed by atoms with E-state index in [2.05, 4.69) is 4.74 Å². The summed E-state index contributed by atoms with van der Waals surface area (Å²) in [4.78, 5) is 10.7. The van der Waals surface area contributed by atoms with Crippen LogP contribution in [0.3, 0.4) is 0 Å². The number of methoxy groups -OCH3 is 1. The summed E-state index contributed by atoms with van der Waals surface area (Å²) < 4.78 is 4.44. The zero-order chi connectivity index (χ0) is 10.2. The Bertz CT molecular complexity index is 337. The van der Waals surface area contributed by atoms with Gasteiger partial charge in [0.15, 0.2) is 0 Å². The fraction of sp³-hybridized carbons (Fsp3) is 0.0833. The number of hydrogen-bond acceptors (Lipinski definition) is 2. The molecule has 0 bridgehead atoms. The molecular formula is C12H12O2. The summed E-state index contributed by atoms with van der Waals surface area (Å²) in [7, 11) is 1.35. The molecule has 2 heteroatoms. The van der Waals surface area contributed by atoms with Gasteiger partial charge in [-0.05, 0) is 5.56 Å². The second-order valence-corrected chi connectivity index (χ2v) is 2.65. The van der Waals surface area contributed by atoms with Gasteiger partial charge in [0.1, 0.15) is 0 Å². The Labute approximate surface area is 83.5 Å². The maximum atomic E-state index is 10.7. The van der Waals surface area contributed by atoms with Crippen LogP contribution in [0.5, 0.6) is 0 Å². The zero-order valence-corrected chi connectivity index (χ0v) is 8.01. The Hall–Kier alpha value is -1.83. The molecule has 0 aliphatic rings. The van der Waals surface area contributed by atoms with Gasteiger partial charge in [0, 0.05) is 6.08 Å². The van der Waals surface area contributed by atoms with E-state index in [-0.39, 0.29) is 5.97 Å². The van der Waals surface area contributed by atoms with E-state index in [1.807, 2.05) is 36.4 Å². The molecule has 0 aliphatic heterocycles. The normalized spacial score (nSPS) is 10.9. The van der Waals surface area contributed by atoms with Crippen LogP contribution >= 0.6 is 0 Å². The third-order valence-corrected chi connectivity index (χ3v) is 1.63. The third-order valence-electron chi connectivity index (χ3n) is 1.63. The first-order valence-electron chi connectivity index (χ1n) is 4.30. The Morgan fingerprint density at radius 2 is 1.93 bits per heavy atom. The molecule has 1 aromatic carbocycles. The summed E-state index contributed by atoms with van der Waals surface area (Å²) in [6.45, 7) is 0. The fourth-order valence-corrected chi connectivity index (χ4v) is 0.933.